The highest BCUT2D eigenvalue weighted by Crippen LogP contribution is 2.41. The molecule has 0 fully saturated rings. The molecule has 266 valence electrons. The third-order valence-corrected chi connectivity index (χ3v) is 12.2. The predicted octanol–water partition coefficient (Wildman–Crippen LogP) is 13.9. The molecule has 4 aromatic heterocycles. The number of furan rings is 1. The zero-order valence-electron chi connectivity index (χ0n) is 30.4. The van der Waals surface area contributed by atoms with Crippen molar-refractivity contribution in [2.45, 2.75) is 0 Å². The number of rotatable bonds is 5. The maximum atomic E-state index is 6.51. The molecule has 0 amide bonds. The van der Waals surface area contributed by atoms with E-state index in [1.165, 1.54) is 42.0 Å². The molecule has 6 heteroatoms. The van der Waals surface area contributed by atoms with Gasteiger partial charge in [0.05, 0.1) is 11.0 Å². The molecule has 0 bridgehead atoms. The number of hydrogen-bond acceptors (Lipinski definition) is 5. The van der Waals surface area contributed by atoms with Crippen molar-refractivity contribution in [2.24, 2.45) is 0 Å². The predicted molar refractivity (Wildman–Crippen MR) is 236 cm³/mol. The fourth-order valence-electron chi connectivity index (χ4n) is 8.32. The molecular formula is C51H30N4OS. The van der Waals surface area contributed by atoms with Crippen molar-refractivity contribution >= 4 is 75.3 Å². The van der Waals surface area contributed by atoms with Gasteiger partial charge in [0, 0.05) is 64.1 Å². The minimum absolute atomic E-state index is 0.619. The maximum Gasteiger partial charge on any atom is 0.164 e. The van der Waals surface area contributed by atoms with E-state index in [0.29, 0.717) is 17.5 Å². The number of thiophene rings is 1. The third-order valence-electron chi connectivity index (χ3n) is 11.1. The molecule has 12 rings (SSSR count). The number of nitrogens with zero attached hydrogens (tertiary/aromatic N) is 4. The van der Waals surface area contributed by atoms with Gasteiger partial charge in [-0.1, -0.05) is 109 Å². The molecule has 0 atom stereocenters. The van der Waals surface area contributed by atoms with E-state index >= 15 is 0 Å². The van der Waals surface area contributed by atoms with Crippen molar-refractivity contribution in [3.63, 3.8) is 0 Å². The van der Waals surface area contributed by atoms with Crippen molar-refractivity contribution in [3.8, 4) is 51.0 Å². The van der Waals surface area contributed by atoms with Gasteiger partial charge in [-0.3, -0.25) is 0 Å². The minimum atomic E-state index is 0.619. The van der Waals surface area contributed by atoms with Crippen LogP contribution in [0, 0.1) is 0 Å². The molecule has 0 N–H and O–H groups in total. The number of aromatic nitrogens is 4. The number of para-hydroxylation sites is 2. The SMILES string of the molecule is c1ccc(-c2nc(-c3ccccc3)nc(-c3ccc4oc5cc(-c6ccc7sc8ccc(-n9c%10ccccc%10c%10ccccc%109)cc8c7c6)ccc5c4c3)n2)cc1. The van der Waals surface area contributed by atoms with E-state index in [2.05, 4.69) is 114 Å². The molecule has 0 radical (unpaired) electrons. The van der Waals surface area contributed by atoms with Crippen LogP contribution in [0.25, 0.3) is 115 Å². The van der Waals surface area contributed by atoms with Crippen molar-refractivity contribution in [1.29, 1.82) is 0 Å². The van der Waals surface area contributed by atoms with Crippen LogP contribution in [0.4, 0.5) is 0 Å². The second-order valence-corrected chi connectivity index (χ2v) is 15.5. The van der Waals surface area contributed by atoms with Crippen molar-refractivity contribution in [3.05, 3.63) is 182 Å². The Balaban J connectivity index is 0.946. The van der Waals surface area contributed by atoms with E-state index in [1.54, 1.807) is 0 Å². The standard InChI is InChI=1S/C51H30N4OS/c1-3-11-31(12-4-1)49-52-50(32-13-5-2-6-14-32)54-51(53-49)35-20-24-45-40(28-35)39-23-19-34(29-46(39)56-45)33-21-25-47-41(27-33)42-30-36(22-26-48(42)57-47)55-43-17-9-7-15-37(43)38-16-8-10-18-44(38)55/h1-30H. The fourth-order valence-corrected chi connectivity index (χ4v) is 9.39. The summed E-state index contributed by atoms with van der Waals surface area (Å²) in [4.78, 5) is 14.8. The zero-order chi connectivity index (χ0) is 37.5. The van der Waals surface area contributed by atoms with Crippen molar-refractivity contribution in [2.75, 3.05) is 0 Å². The van der Waals surface area contributed by atoms with Gasteiger partial charge in [0.25, 0.3) is 0 Å². The van der Waals surface area contributed by atoms with Gasteiger partial charge in [0.2, 0.25) is 0 Å². The van der Waals surface area contributed by atoms with E-state index in [0.717, 1.165) is 55.4 Å². The number of fused-ring (bicyclic) bond motifs is 9. The van der Waals surface area contributed by atoms with E-state index in [-0.39, 0.29) is 0 Å². The Morgan fingerprint density at radius 1 is 0.351 bits per heavy atom. The highest BCUT2D eigenvalue weighted by molar-refractivity contribution is 7.25. The normalized spacial score (nSPS) is 11.9. The lowest BCUT2D eigenvalue weighted by Gasteiger charge is -2.08. The Labute approximate surface area is 330 Å². The summed E-state index contributed by atoms with van der Waals surface area (Å²) in [5.41, 5.74) is 10.3. The first-order valence-electron chi connectivity index (χ1n) is 19.0. The Kier molecular flexibility index (Phi) is 7.03. The number of benzene rings is 8. The largest absolute Gasteiger partial charge is 0.456 e. The van der Waals surface area contributed by atoms with Crippen LogP contribution in [0.5, 0.6) is 0 Å². The summed E-state index contributed by atoms with van der Waals surface area (Å²) < 4.78 is 11.5. The molecule has 5 nitrogen and oxygen atoms in total. The Morgan fingerprint density at radius 2 is 0.877 bits per heavy atom. The van der Waals surface area contributed by atoms with Gasteiger partial charge in [-0.25, -0.2) is 15.0 Å². The molecule has 0 spiro atoms. The van der Waals surface area contributed by atoms with Crippen molar-refractivity contribution in [1.82, 2.24) is 19.5 Å². The van der Waals surface area contributed by atoms with E-state index in [1.807, 2.05) is 84.1 Å². The minimum Gasteiger partial charge on any atom is -0.456 e. The molecule has 0 unspecified atom stereocenters. The van der Waals surface area contributed by atoms with Gasteiger partial charge in [-0.2, -0.15) is 0 Å². The van der Waals surface area contributed by atoms with Gasteiger partial charge in [-0.05, 0) is 83.9 Å². The zero-order valence-corrected chi connectivity index (χ0v) is 31.2. The third kappa shape index (κ3) is 5.19. The highest BCUT2D eigenvalue weighted by Gasteiger charge is 2.17. The molecule has 12 aromatic rings. The Hall–Kier alpha value is -7.41. The number of hydrogen-bond donors (Lipinski definition) is 0. The second-order valence-electron chi connectivity index (χ2n) is 14.4. The van der Waals surface area contributed by atoms with Crippen LogP contribution in [0.2, 0.25) is 0 Å². The van der Waals surface area contributed by atoms with Crippen LogP contribution in [0.3, 0.4) is 0 Å². The van der Waals surface area contributed by atoms with Crippen LogP contribution in [-0.4, -0.2) is 19.5 Å². The quantitative estimate of drug-likeness (QED) is 0.176. The molecule has 4 heterocycles. The maximum absolute atomic E-state index is 6.51. The van der Waals surface area contributed by atoms with E-state index < -0.39 is 0 Å². The summed E-state index contributed by atoms with van der Waals surface area (Å²) in [6, 6.07) is 63.9. The second kappa shape index (κ2) is 12.6. The van der Waals surface area contributed by atoms with Gasteiger partial charge in [0.15, 0.2) is 17.5 Å². The average Bonchev–Trinajstić information content (AvgIpc) is 3.95. The topological polar surface area (TPSA) is 56.7 Å². The fraction of sp³-hybridized carbons (Fsp3) is 0. The summed E-state index contributed by atoms with van der Waals surface area (Å²) in [6.45, 7) is 0. The van der Waals surface area contributed by atoms with E-state index in [4.69, 9.17) is 19.4 Å². The van der Waals surface area contributed by atoms with Crippen LogP contribution in [0.1, 0.15) is 0 Å². The van der Waals surface area contributed by atoms with Gasteiger partial charge < -0.3 is 8.98 Å². The van der Waals surface area contributed by atoms with Gasteiger partial charge in [-0.15, -0.1) is 11.3 Å². The van der Waals surface area contributed by atoms with Crippen LogP contribution >= 0.6 is 11.3 Å². The van der Waals surface area contributed by atoms with Crippen LogP contribution in [-0.2, 0) is 0 Å². The van der Waals surface area contributed by atoms with Crippen LogP contribution < -0.4 is 0 Å². The Bertz CT molecular complexity index is 3420. The molecule has 57 heavy (non-hydrogen) atoms. The molecular weight excluding hydrogens is 717 g/mol. The molecule has 0 aliphatic carbocycles. The van der Waals surface area contributed by atoms with Crippen LogP contribution in [0.15, 0.2) is 186 Å². The highest BCUT2D eigenvalue weighted by atomic mass is 32.1. The molecule has 0 aliphatic heterocycles. The molecule has 0 aliphatic rings. The monoisotopic (exact) mass is 746 g/mol. The Morgan fingerprint density at radius 3 is 1.56 bits per heavy atom. The van der Waals surface area contributed by atoms with Gasteiger partial charge in [0.1, 0.15) is 11.2 Å². The summed E-state index contributed by atoms with van der Waals surface area (Å²) in [6.07, 6.45) is 0. The smallest absolute Gasteiger partial charge is 0.164 e. The first-order chi connectivity index (χ1) is 28.2. The summed E-state index contributed by atoms with van der Waals surface area (Å²) in [5.74, 6) is 1.90. The average molecular weight is 747 g/mol. The summed E-state index contributed by atoms with van der Waals surface area (Å²) >= 11 is 1.84. The molecule has 0 saturated heterocycles. The lowest BCUT2D eigenvalue weighted by Crippen LogP contribution is -2.00. The lowest BCUT2D eigenvalue weighted by molar-refractivity contribution is 0.669. The van der Waals surface area contributed by atoms with Crippen molar-refractivity contribution < 1.29 is 4.42 Å². The lowest BCUT2D eigenvalue weighted by atomic mass is 10.0. The van der Waals surface area contributed by atoms with E-state index in [9.17, 15) is 0 Å². The summed E-state index contributed by atoms with van der Waals surface area (Å²) in [5, 5.41) is 7.12. The van der Waals surface area contributed by atoms with Gasteiger partial charge >= 0.3 is 0 Å². The first kappa shape index (κ1) is 31.9. The molecule has 0 saturated carbocycles. The molecule has 8 aromatic carbocycles. The summed E-state index contributed by atoms with van der Waals surface area (Å²) in [7, 11) is 0. The first-order valence-corrected chi connectivity index (χ1v) is 19.8.